The molecule has 0 amide bonds. The normalized spacial score (nSPS) is 32.1. The Morgan fingerprint density at radius 2 is 1.82 bits per heavy atom. The summed E-state index contributed by atoms with van der Waals surface area (Å²) in [6, 6.07) is 0. The number of rotatable bonds is 3. The summed E-state index contributed by atoms with van der Waals surface area (Å²) in [6.07, 6.45) is 4.50. The van der Waals surface area contributed by atoms with Crippen LogP contribution in [0, 0.1) is 0 Å². The number of hydrogen-bond donors (Lipinski definition) is 0. The molecular weight excluding hydrogens is 152 g/mol. The largest absolute Gasteiger partial charge is 0.239 e. The van der Waals surface area contributed by atoms with E-state index in [1.807, 2.05) is 0 Å². The van der Waals surface area contributed by atoms with Crippen molar-refractivity contribution in [3.63, 3.8) is 0 Å². The predicted octanol–water partition coefficient (Wildman–Crippen LogP) is 3.40. The maximum absolute atomic E-state index is 2.41. The molecule has 0 saturated carbocycles. The molecule has 1 heterocycles. The van der Waals surface area contributed by atoms with Crippen molar-refractivity contribution >= 4 is 10.0 Å². The van der Waals surface area contributed by atoms with E-state index in [-0.39, 0.29) is 10.0 Å². The summed E-state index contributed by atoms with van der Waals surface area (Å²) in [7, 11) is -0.128. The first-order valence-electron chi connectivity index (χ1n) is 5.04. The quantitative estimate of drug-likeness (QED) is 0.615. The molecule has 0 nitrogen and oxygen atoms in total. The first-order chi connectivity index (χ1) is 5.29. The first kappa shape index (κ1) is 9.44. The first-order valence-corrected chi connectivity index (χ1v) is 7.24. The Bertz CT molecular complexity index is 116. The van der Waals surface area contributed by atoms with Gasteiger partial charge >= 0.3 is 0 Å². The Balaban J connectivity index is 2.63. The Morgan fingerprint density at radius 1 is 1.18 bits per heavy atom. The van der Waals surface area contributed by atoms with Crippen molar-refractivity contribution in [2.45, 2.75) is 45.3 Å². The fraction of sp³-hybridized carbons (Fsp3) is 1.00. The van der Waals surface area contributed by atoms with Crippen LogP contribution in [-0.2, 0) is 0 Å². The van der Waals surface area contributed by atoms with Gasteiger partial charge in [-0.1, -0.05) is 20.8 Å². The summed E-state index contributed by atoms with van der Waals surface area (Å²) in [5.74, 6) is 4.56. The van der Waals surface area contributed by atoms with Crippen molar-refractivity contribution in [3.8, 4) is 0 Å². The zero-order chi connectivity index (χ0) is 8.32. The Hall–Kier alpha value is 0.350. The van der Waals surface area contributed by atoms with Crippen molar-refractivity contribution in [1.82, 2.24) is 0 Å². The lowest BCUT2D eigenvalue weighted by Crippen LogP contribution is -2.17. The average Bonchev–Trinajstić information content (AvgIpc) is 2.47. The Morgan fingerprint density at radius 3 is 2.18 bits per heavy atom. The minimum absolute atomic E-state index is 0.128. The van der Waals surface area contributed by atoms with Gasteiger partial charge < -0.3 is 0 Å². The van der Waals surface area contributed by atoms with E-state index in [2.05, 4.69) is 20.8 Å². The van der Waals surface area contributed by atoms with Crippen molar-refractivity contribution in [2.75, 3.05) is 17.3 Å². The smallest absolute Gasteiger partial charge is 0.0114 e. The van der Waals surface area contributed by atoms with Crippen LogP contribution in [0.15, 0.2) is 0 Å². The van der Waals surface area contributed by atoms with Crippen LogP contribution in [0.3, 0.4) is 0 Å². The molecule has 0 bridgehead atoms. The molecule has 1 fully saturated rings. The van der Waals surface area contributed by atoms with E-state index >= 15 is 0 Å². The van der Waals surface area contributed by atoms with Gasteiger partial charge in [-0.15, -0.1) is 0 Å². The molecule has 0 radical (unpaired) electrons. The highest BCUT2D eigenvalue weighted by molar-refractivity contribution is 8.34. The fourth-order valence-electron chi connectivity index (χ4n) is 2.54. The van der Waals surface area contributed by atoms with Crippen molar-refractivity contribution < 1.29 is 0 Å². The van der Waals surface area contributed by atoms with Crippen LogP contribution in [0.5, 0.6) is 0 Å². The van der Waals surface area contributed by atoms with E-state index in [0.717, 1.165) is 5.25 Å². The third kappa shape index (κ3) is 1.58. The summed E-state index contributed by atoms with van der Waals surface area (Å²) in [5, 5.41) is 1.12. The van der Waals surface area contributed by atoms with Gasteiger partial charge in [0.25, 0.3) is 0 Å². The molecule has 1 unspecified atom stereocenters. The highest BCUT2D eigenvalue weighted by atomic mass is 32.3. The molecule has 0 spiro atoms. The molecule has 0 aromatic carbocycles. The third-order valence-electron chi connectivity index (χ3n) is 3.39. The second-order valence-electron chi connectivity index (χ2n) is 3.57. The summed E-state index contributed by atoms with van der Waals surface area (Å²) >= 11 is 0. The van der Waals surface area contributed by atoms with Gasteiger partial charge in [-0.2, -0.15) is 0 Å². The van der Waals surface area contributed by atoms with Crippen LogP contribution >= 0.6 is 10.0 Å². The predicted molar refractivity (Wildman–Crippen MR) is 56.9 cm³/mol. The van der Waals surface area contributed by atoms with Gasteiger partial charge in [0.05, 0.1) is 0 Å². The standard InChI is InChI=1S/C10H22S/c1-4-10-8-7-9-11(10,5-2)6-3/h10H,4-9H2,1-3H3. The van der Waals surface area contributed by atoms with Crippen LogP contribution in [-0.4, -0.2) is 22.5 Å². The summed E-state index contributed by atoms with van der Waals surface area (Å²) in [4.78, 5) is 0. The van der Waals surface area contributed by atoms with Gasteiger partial charge in [0, 0.05) is 0 Å². The van der Waals surface area contributed by atoms with Gasteiger partial charge in [-0.3, -0.25) is 0 Å². The molecular formula is C10H22S. The van der Waals surface area contributed by atoms with Crippen LogP contribution in [0.4, 0.5) is 0 Å². The van der Waals surface area contributed by atoms with E-state index in [9.17, 15) is 0 Å². The molecule has 0 N–H and O–H groups in total. The van der Waals surface area contributed by atoms with Gasteiger partial charge in [0.2, 0.25) is 0 Å². The lowest BCUT2D eigenvalue weighted by atomic mass is 10.2. The van der Waals surface area contributed by atoms with Gasteiger partial charge in [0.15, 0.2) is 0 Å². The summed E-state index contributed by atoms with van der Waals surface area (Å²) in [5.41, 5.74) is 0. The molecule has 0 aromatic rings. The lowest BCUT2D eigenvalue weighted by molar-refractivity contribution is 0.755. The Labute approximate surface area is 73.1 Å². The van der Waals surface area contributed by atoms with Crippen LogP contribution in [0.1, 0.15) is 40.0 Å². The molecule has 1 saturated heterocycles. The Kier molecular flexibility index (Phi) is 3.29. The highest BCUT2D eigenvalue weighted by Crippen LogP contribution is 2.59. The van der Waals surface area contributed by atoms with Crippen molar-refractivity contribution in [2.24, 2.45) is 0 Å². The molecule has 68 valence electrons. The maximum atomic E-state index is 2.41. The maximum Gasteiger partial charge on any atom is -0.0114 e. The van der Waals surface area contributed by atoms with Crippen LogP contribution in [0.25, 0.3) is 0 Å². The van der Waals surface area contributed by atoms with E-state index < -0.39 is 0 Å². The van der Waals surface area contributed by atoms with Gasteiger partial charge in [-0.25, -0.2) is 10.0 Å². The van der Waals surface area contributed by atoms with E-state index in [1.54, 1.807) is 5.75 Å². The second-order valence-corrected chi connectivity index (χ2v) is 8.02. The monoisotopic (exact) mass is 174 g/mol. The third-order valence-corrected chi connectivity index (χ3v) is 8.77. The van der Waals surface area contributed by atoms with E-state index in [1.165, 1.54) is 30.8 Å². The van der Waals surface area contributed by atoms with Crippen molar-refractivity contribution in [3.05, 3.63) is 0 Å². The molecule has 0 aliphatic carbocycles. The molecule has 1 aliphatic heterocycles. The zero-order valence-electron chi connectivity index (χ0n) is 8.23. The van der Waals surface area contributed by atoms with Gasteiger partial charge in [0.1, 0.15) is 0 Å². The molecule has 0 aromatic heterocycles. The second kappa shape index (κ2) is 3.84. The minimum Gasteiger partial charge on any atom is -0.239 e. The van der Waals surface area contributed by atoms with E-state index in [0.29, 0.717) is 0 Å². The van der Waals surface area contributed by atoms with Crippen LogP contribution < -0.4 is 0 Å². The van der Waals surface area contributed by atoms with Gasteiger partial charge in [-0.05, 0) is 41.8 Å². The van der Waals surface area contributed by atoms with Crippen LogP contribution in [0.2, 0.25) is 0 Å². The molecule has 1 heteroatoms. The zero-order valence-corrected chi connectivity index (χ0v) is 9.04. The minimum atomic E-state index is -0.128. The molecule has 11 heavy (non-hydrogen) atoms. The van der Waals surface area contributed by atoms with Crippen molar-refractivity contribution in [1.29, 1.82) is 0 Å². The van der Waals surface area contributed by atoms with E-state index in [4.69, 9.17) is 0 Å². The highest BCUT2D eigenvalue weighted by Gasteiger charge is 2.33. The molecule has 1 aliphatic rings. The topological polar surface area (TPSA) is 0 Å². The molecule has 1 rings (SSSR count). The summed E-state index contributed by atoms with van der Waals surface area (Å²) < 4.78 is 0. The number of hydrogen-bond acceptors (Lipinski definition) is 0. The SMILES string of the molecule is CCC1CCCS1(CC)CC. The fourth-order valence-corrected chi connectivity index (χ4v) is 6.91. The average molecular weight is 174 g/mol. The summed E-state index contributed by atoms with van der Waals surface area (Å²) in [6.45, 7) is 7.20. The lowest BCUT2D eigenvalue weighted by Gasteiger charge is -2.39. The molecule has 1 atom stereocenters.